The van der Waals surface area contributed by atoms with Crippen LogP contribution in [-0.2, 0) is 16.6 Å². The van der Waals surface area contributed by atoms with Crippen LogP contribution in [0, 0.1) is 12.7 Å². The molecule has 148 valence electrons. The van der Waals surface area contributed by atoms with Crippen LogP contribution in [0.3, 0.4) is 0 Å². The second-order valence-electron chi connectivity index (χ2n) is 6.48. The van der Waals surface area contributed by atoms with Crippen molar-refractivity contribution < 1.29 is 12.8 Å². The minimum absolute atomic E-state index is 0.0670. The zero-order valence-electron chi connectivity index (χ0n) is 15.4. The van der Waals surface area contributed by atoms with Gasteiger partial charge in [-0.05, 0) is 54.4 Å². The van der Waals surface area contributed by atoms with Gasteiger partial charge in [0.15, 0.2) is 11.5 Å². The molecule has 0 saturated carbocycles. The molecule has 0 amide bonds. The molecule has 0 unspecified atom stereocenters. The van der Waals surface area contributed by atoms with Gasteiger partial charge in [-0.1, -0.05) is 18.2 Å². The summed E-state index contributed by atoms with van der Waals surface area (Å²) in [5, 5.41) is 20.9. The Hall–Kier alpha value is -3.37. The molecule has 2 aromatic heterocycles. The highest BCUT2D eigenvalue weighted by Crippen LogP contribution is 2.22. The summed E-state index contributed by atoms with van der Waals surface area (Å²) in [5.74, 6) is 0.424. The lowest BCUT2D eigenvalue weighted by Crippen LogP contribution is -2.13. The van der Waals surface area contributed by atoms with E-state index in [0.29, 0.717) is 29.4 Å². The number of primary sulfonamides is 1. The molecule has 0 aliphatic carbocycles. The van der Waals surface area contributed by atoms with Crippen LogP contribution in [-0.4, -0.2) is 28.2 Å². The molecular formula is C19H17FN6O2S. The maximum absolute atomic E-state index is 14.1. The van der Waals surface area contributed by atoms with Gasteiger partial charge in [-0.25, -0.2) is 17.9 Å². The van der Waals surface area contributed by atoms with Gasteiger partial charge in [0.2, 0.25) is 10.0 Å². The zero-order chi connectivity index (χ0) is 20.6. The fraction of sp³-hybridized carbons (Fsp3) is 0.105. The third-order valence-corrected chi connectivity index (χ3v) is 5.39. The van der Waals surface area contributed by atoms with E-state index in [2.05, 4.69) is 20.6 Å². The highest BCUT2D eigenvalue weighted by molar-refractivity contribution is 7.89. The van der Waals surface area contributed by atoms with E-state index in [-0.39, 0.29) is 4.90 Å². The lowest BCUT2D eigenvalue weighted by molar-refractivity contribution is 0.597. The number of aryl methyl sites for hydroxylation is 1. The standard InChI is InChI=1S/C19H17FN6O2S/c1-12-10-14(29(21,27)28)7-6-13(12)11-22-17-8-9-18-23-24-19(26(18)25-17)15-4-2-3-5-16(15)20/h2-10H,11H2,1H3,(H,22,25)(H2,21,27,28). The molecule has 2 heterocycles. The number of benzene rings is 2. The smallest absolute Gasteiger partial charge is 0.238 e. The summed E-state index contributed by atoms with van der Waals surface area (Å²) in [6.45, 7) is 2.21. The number of hydrogen-bond acceptors (Lipinski definition) is 6. The van der Waals surface area contributed by atoms with Gasteiger partial charge in [0, 0.05) is 6.54 Å². The molecule has 8 nitrogen and oxygen atoms in total. The van der Waals surface area contributed by atoms with Crippen LogP contribution in [0.15, 0.2) is 59.5 Å². The lowest BCUT2D eigenvalue weighted by atomic mass is 10.1. The Morgan fingerprint density at radius 1 is 1.10 bits per heavy atom. The normalized spacial score (nSPS) is 11.7. The van der Waals surface area contributed by atoms with E-state index in [0.717, 1.165) is 11.1 Å². The molecule has 0 saturated heterocycles. The van der Waals surface area contributed by atoms with E-state index in [9.17, 15) is 12.8 Å². The first-order valence-electron chi connectivity index (χ1n) is 8.66. The molecule has 0 spiro atoms. The van der Waals surface area contributed by atoms with Crippen LogP contribution in [0.4, 0.5) is 10.2 Å². The number of rotatable bonds is 5. The first-order valence-corrected chi connectivity index (χ1v) is 10.2. The Balaban J connectivity index is 1.61. The Morgan fingerprint density at radius 3 is 2.62 bits per heavy atom. The molecule has 0 fully saturated rings. The van der Waals surface area contributed by atoms with Crippen LogP contribution in [0.25, 0.3) is 17.0 Å². The van der Waals surface area contributed by atoms with E-state index in [1.54, 1.807) is 43.3 Å². The Kier molecular flexibility index (Phi) is 4.73. The number of sulfonamides is 1. The molecule has 3 N–H and O–H groups in total. The van der Waals surface area contributed by atoms with Crippen molar-refractivity contribution >= 4 is 21.5 Å². The molecule has 0 radical (unpaired) electrons. The van der Waals surface area contributed by atoms with Crippen molar-refractivity contribution in [1.29, 1.82) is 0 Å². The number of nitrogens with two attached hydrogens (primary N) is 1. The van der Waals surface area contributed by atoms with E-state index < -0.39 is 15.8 Å². The average molecular weight is 412 g/mol. The third kappa shape index (κ3) is 3.80. The highest BCUT2D eigenvalue weighted by Gasteiger charge is 2.14. The van der Waals surface area contributed by atoms with Crippen molar-refractivity contribution in [2.45, 2.75) is 18.4 Å². The largest absolute Gasteiger partial charge is 0.365 e. The summed E-state index contributed by atoms with van der Waals surface area (Å²) in [7, 11) is -3.74. The summed E-state index contributed by atoms with van der Waals surface area (Å²) in [6, 6.07) is 14.4. The lowest BCUT2D eigenvalue weighted by Gasteiger charge is -2.10. The van der Waals surface area contributed by atoms with Crippen molar-refractivity contribution in [3.8, 4) is 11.4 Å². The zero-order valence-corrected chi connectivity index (χ0v) is 16.2. The van der Waals surface area contributed by atoms with E-state index in [1.165, 1.54) is 22.7 Å². The number of aromatic nitrogens is 4. The second kappa shape index (κ2) is 7.22. The minimum Gasteiger partial charge on any atom is -0.365 e. The first kappa shape index (κ1) is 19.0. The van der Waals surface area contributed by atoms with Crippen molar-refractivity contribution in [2.75, 3.05) is 5.32 Å². The number of nitrogens with one attached hydrogen (secondary N) is 1. The Labute approximate surface area is 166 Å². The molecule has 2 aromatic carbocycles. The third-order valence-electron chi connectivity index (χ3n) is 4.48. The van der Waals surface area contributed by atoms with E-state index >= 15 is 0 Å². The quantitative estimate of drug-likeness (QED) is 0.520. The van der Waals surface area contributed by atoms with Crippen molar-refractivity contribution in [3.63, 3.8) is 0 Å². The molecule has 4 rings (SSSR count). The fourth-order valence-electron chi connectivity index (χ4n) is 2.92. The number of fused-ring (bicyclic) bond motifs is 1. The summed E-state index contributed by atoms with van der Waals surface area (Å²) < 4.78 is 38.5. The predicted molar refractivity (Wildman–Crippen MR) is 106 cm³/mol. The molecule has 0 aliphatic rings. The summed E-state index contributed by atoms with van der Waals surface area (Å²) in [5.41, 5.74) is 2.46. The van der Waals surface area contributed by atoms with Gasteiger partial charge in [0.1, 0.15) is 11.6 Å². The van der Waals surface area contributed by atoms with E-state index in [1.807, 2.05) is 0 Å². The number of anilines is 1. The van der Waals surface area contributed by atoms with Crippen molar-refractivity contribution in [2.24, 2.45) is 5.14 Å². The molecule has 29 heavy (non-hydrogen) atoms. The van der Waals surface area contributed by atoms with Gasteiger partial charge in [0.05, 0.1) is 10.5 Å². The Morgan fingerprint density at radius 2 is 1.90 bits per heavy atom. The number of hydrogen-bond donors (Lipinski definition) is 2. The molecule has 4 aromatic rings. The van der Waals surface area contributed by atoms with Crippen LogP contribution in [0.1, 0.15) is 11.1 Å². The molecular weight excluding hydrogens is 395 g/mol. The van der Waals surface area contributed by atoms with Crippen LogP contribution in [0.2, 0.25) is 0 Å². The second-order valence-corrected chi connectivity index (χ2v) is 8.04. The summed E-state index contributed by atoms with van der Waals surface area (Å²) in [4.78, 5) is 0.0670. The minimum atomic E-state index is -3.74. The van der Waals surface area contributed by atoms with E-state index in [4.69, 9.17) is 5.14 Å². The van der Waals surface area contributed by atoms with Crippen LogP contribution >= 0.6 is 0 Å². The van der Waals surface area contributed by atoms with Crippen molar-refractivity contribution in [3.05, 3.63) is 71.5 Å². The topological polar surface area (TPSA) is 115 Å². The molecule has 0 atom stereocenters. The monoisotopic (exact) mass is 412 g/mol. The molecule has 0 bridgehead atoms. The summed E-state index contributed by atoms with van der Waals surface area (Å²) >= 11 is 0. The van der Waals surface area contributed by atoms with Crippen LogP contribution in [0.5, 0.6) is 0 Å². The fourth-order valence-corrected chi connectivity index (χ4v) is 3.52. The first-order chi connectivity index (χ1) is 13.8. The SMILES string of the molecule is Cc1cc(S(N)(=O)=O)ccc1CNc1ccc2nnc(-c3ccccc3F)n2n1. The highest BCUT2D eigenvalue weighted by atomic mass is 32.2. The predicted octanol–water partition coefficient (Wildman–Crippen LogP) is 2.50. The maximum atomic E-state index is 14.1. The van der Waals surface area contributed by atoms with Crippen LogP contribution < -0.4 is 10.5 Å². The number of halogens is 1. The average Bonchev–Trinajstić information content (AvgIpc) is 3.09. The van der Waals surface area contributed by atoms with Gasteiger partial charge in [0.25, 0.3) is 0 Å². The van der Waals surface area contributed by atoms with Gasteiger partial charge in [-0.2, -0.15) is 4.52 Å². The Bertz CT molecular complexity index is 1320. The molecule has 0 aliphatic heterocycles. The van der Waals surface area contributed by atoms with Gasteiger partial charge >= 0.3 is 0 Å². The maximum Gasteiger partial charge on any atom is 0.238 e. The summed E-state index contributed by atoms with van der Waals surface area (Å²) in [6.07, 6.45) is 0. The van der Waals surface area contributed by atoms with Gasteiger partial charge < -0.3 is 5.32 Å². The van der Waals surface area contributed by atoms with Gasteiger partial charge in [-0.3, -0.25) is 0 Å². The van der Waals surface area contributed by atoms with Gasteiger partial charge in [-0.15, -0.1) is 15.3 Å². The number of nitrogens with zero attached hydrogens (tertiary/aromatic N) is 4. The molecule has 10 heteroatoms. The van der Waals surface area contributed by atoms with Crippen molar-refractivity contribution in [1.82, 2.24) is 19.8 Å².